The Balaban J connectivity index is 1.77. The van der Waals surface area contributed by atoms with Crippen molar-refractivity contribution < 1.29 is 18.7 Å². The van der Waals surface area contributed by atoms with Gasteiger partial charge in [-0.25, -0.2) is 4.39 Å². The number of nitrogens with one attached hydrogen (secondary N) is 1. The summed E-state index contributed by atoms with van der Waals surface area (Å²) < 4.78 is 24.2. The SMILES string of the molecule is CC(C)(Oc1ccc(Cl)cc1)C(=O)NCC#CCOc1ccccc1F. The third-order valence-corrected chi connectivity index (χ3v) is 3.58. The summed E-state index contributed by atoms with van der Waals surface area (Å²) in [5.41, 5.74) is -1.07. The third-order valence-electron chi connectivity index (χ3n) is 3.33. The molecule has 2 aromatic rings. The van der Waals surface area contributed by atoms with Crippen LogP contribution < -0.4 is 14.8 Å². The highest BCUT2D eigenvalue weighted by Gasteiger charge is 2.29. The van der Waals surface area contributed by atoms with Crippen molar-refractivity contribution in [3.8, 4) is 23.3 Å². The Morgan fingerprint density at radius 3 is 2.54 bits per heavy atom. The molecular formula is C20H19ClFNO3. The van der Waals surface area contributed by atoms with Crippen molar-refractivity contribution in [3.05, 3.63) is 59.4 Å². The van der Waals surface area contributed by atoms with Crippen molar-refractivity contribution in [1.82, 2.24) is 5.32 Å². The van der Waals surface area contributed by atoms with Crippen molar-refractivity contribution in [1.29, 1.82) is 0 Å². The van der Waals surface area contributed by atoms with Crippen molar-refractivity contribution in [2.45, 2.75) is 19.4 Å². The number of hydrogen-bond donors (Lipinski definition) is 1. The van der Waals surface area contributed by atoms with Crippen molar-refractivity contribution in [2.24, 2.45) is 0 Å². The summed E-state index contributed by atoms with van der Waals surface area (Å²) in [5, 5.41) is 3.26. The standard InChI is InChI=1S/C20H19ClFNO3/c1-20(2,26-16-11-9-15(21)10-12-16)19(24)23-13-5-6-14-25-18-8-4-3-7-17(18)22/h3-4,7-12H,13-14H2,1-2H3,(H,23,24). The zero-order chi connectivity index (χ0) is 19.0. The zero-order valence-electron chi connectivity index (χ0n) is 14.5. The predicted molar refractivity (Wildman–Crippen MR) is 98.8 cm³/mol. The van der Waals surface area contributed by atoms with Gasteiger partial charge in [0.05, 0.1) is 6.54 Å². The minimum Gasteiger partial charge on any atom is -0.478 e. The number of ether oxygens (including phenoxy) is 2. The van der Waals surface area contributed by atoms with Crippen LogP contribution in [0.3, 0.4) is 0 Å². The molecule has 2 rings (SSSR count). The third kappa shape index (κ3) is 5.98. The lowest BCUT2D eigenvalue weighted by Gasteiger charge is -2.24. The summed E-state index contributed by atoms with van der Waals surface area (Å²) in [6.45, 7) is 3.48. The number of halogens is 2. The first-order valence-corrected chi connectivity index (χ1v) is 8.32. The lowest BCUT2D eigenvalue weighted by molar-refractivity contribution is -0.133. The highest BCUT2D eigenvalue weighted by Crippen LogP contribution is 2.21. The van der Waals surface area contributed by atoms with Gasteiger partial charge in [0.15, 0.2) is 17.2 Å². The Morgan fingerprint density at radius 2 is 1.85 bits per heavy atom. The lowest BCUT2D eigenvalue weighted by atomic mass is 10.1. The lowest BCUT2D eigenvalue weighted by Crippen LogP contribution is -2.46. The first kappa shape index (κ1) is 19.6. The molecule has 0 spiro atoms. The van der Waals surface area contributed by atoms with E-state index < -0.39 is 11.4 Å². The minimum absolute atomic E-state index is 0.0292. The normalized spacial score (nSPS) is 10.5. The molecule has 0 atom stereocenters. The molecule has 1 amide bonds. The van der Waals surface area contributed by atoms with E-state index in [1.54, 1.807) is 50.2 Å². The summed E-state index contributed by atoms with van der Waals surface area (Å²) in [7, 11) is 0. The second-order valence-electron chi connectivity index (χ2n) is 5.82. The average molecular weight is 376 g/mol. The molecule has 0 unspecified atom stereocenters. The quantitative estimate of drug-likeness (QED) is 0.780. The van der Waals surface area contributed by atoms with Gasteiger partial charge in [0.2, 0.25) is 0 Å². The van der Waals surface area contributed by atoms with Gasteiger partial charge in [0.1, 0.15) is 12.4 Å². The summed E-state index contributed by atoms with van der Waals surface area (Å²) in [6, 6.07) is 12.8. The molecule has 4 nitrogen and oxygen atoms in total. The van der Waals surface area contributed by atoms with Crippen LogP contribution in [0.1, 0.15) is 13.8 Å². The Bertz CT molecular complexity index is 810. The second-order valence-corrected chi connectivity index (χ2v) is 6.26. The molecule has 0 radical (unpaired) electrons. The Kier molecular flexibility index (Phi) is 6.88. The first-order chi connectivity index (χ1) is 12.4. The van der Waals surface area contributed by atoms with E-state index >= 15 is 0 Å². The average Bonchev–Trinajstić information content (AvgIpc) is 2.61. The molecule has 2 aromatic carbocycles. The smallest absolute Gasteiger partial charge is 0.264 e. The summed E-state index contributed by atoms with van der Waals surface area (Å²) in [4.78, 5) is 12.2. The van der Waals surface area contributed by atoms with Crippen LogP contribution in [0.2, 0.25) is 5.02 Å². The Hall–Kier alpha value is -2.71. The fourth-order valence-corrected chi connectivity index (χ4v) is 2.10. The molecule has 0 aliphatic rings. The maximum atomic E-state index is 13.4. The number of amides is 1. The maximum absolute atomic E-state index is 13.4. The molecule has 0 aromatic heterocycles. The minimum atomic E-state index is -1.07. The molecule has 26 heavy (non-hydrogen) atoms. The van der Waals surface area contributed by atoms with E-state index in [0.717, 1.165) is 0 Å². The molecule has 136 valence electrons. The summed E-state index contributed by atoms with van der Waals surface area (Å²) in [5.74, 6) is 5.39. The molecule has 0 fully saturated rings. The van der Waals surface area contributed by atoms with Gasteiger partial charge in [-0.2, -0.15) is 0 Å². The van der Waals surface area contributed by atoms with Crippen LogP contribution in [-0.2, 0) is 4.79 Å². The fourth-order valence-electron chi connectivity index (χ4n) is 1.97. The van der Waals surface area contributed by atoms with Gasteiger partial charge >= 0.3 is 0 Å². The van der Waals surface area contributed by atoms with Crippen LogP contribution in [0.15, 0.2) is 48.5 Å². The number of carbonyl (C=O) groups is 1. The van der Waals surface area contributed by atoms with Gasteiger partial charge in [-0.15, -0.1) is 0 Å². The molecule has 0 bridgehead atoms. The van der Waals surface area contributed by atoms with E-state index in [1.165, 1.54) is 12.1 Å². The molecule has 0 saturated carbocycles. The van der Waals surface area contributed by atoms with Gasteiger partial charge < -0.3 is 14.8 Å². The van der Waals surface area contributed by atoms with Crippen LogP contribution in [-0.4, -0.2) is 24.7 Å². The highest BCUT2D eigenvalue weighted by molar-refractivity contribution is 6.30. The topological polar surface area (TPSA) is 47.6 Å². The Morgan fingerprint density at radius 1 is 1.15 bits per heavy atom. The summed E-state index contributed by atoms with van der Waals surface area (Å²) >= 11 is 5.82. The first-order valence-electron chi connectivity index (χ1n) is 7.94. The van der Waals surface area contributed by atoms with Crippen molar-refractivity contribution in [2.75, 3.05) is 13.2 Å². The van der Waals surface area contributed by atoms with E-state index in [-0.39, 0.29) is 24.8 Å². The van der Waals surface area contributed by atoms with E-state index in [0.29, 0.717) is 10.8 Å². The molecule has 0 heterocycles. The number of hydrogen-bond acceptors (Lipinski definition) is 3. The predicted octanol–water partition coefficient (Wildman–Crippen LogP) is 3.84. The molecular weight excluding hydrogens is 357 g/mol. The Labute approximate surface area is 157 Å². The number of para-hydroxylation sites is 1. The van der Waals surface area contributed by atoms with Crippen molar-refractivity contribution in [3.63, 3.8) is 0 Å². The van der Waals surface area contributed by atoms with Gasteiger partial charge in [-0.05, 0) is 50.2 Å². The van der Waals surface area contributed by atoms with Gasteiger partial charge in [-0.1, -0.05) is 35.6 Å². The van der Waals surface area contributed by atoms with Crippen LogP contribution >= 0.6 is 11.6 Å². The highest BCUT2D eigenvalue weighted by atomic mass is 35.5. The largest absolute Gasteiger partial charge is 0.478 e. The van der Waals surface area contributed by atoms with E-state index in [2.05, 4.69) is 17.2 Å². The fraction of sp³-hybridized carbons (Fsp3) is 0.250. The molecule has 0 aliphatic heterocycles. The van der Waals surface area contributed by atoms with Gasteiger partial charge in [0.25, 0.3) is 5.91 Å². The van der Waals surface area contributed by atoms with Gasteiger partial charge in [0, 0.05) is 5.02 Å². The number of rotatable bonds is 6. The van der Waals surface area contributed by atoms with E-state index in [4.69, 9.17) is 21.1 Å². The van der Waals surface area contributed by atoms with Crippen LogP contribution in [0.5, 0.6) is 11.5 Å². The molecule has 0 aliphatic carbocycles. The van der Waals surface area contributed by atoms with Crippen LogP contribution in [0.25, 0.3) is 0 Å². The van der Waals surface area contributed by atoms with Crippen LogP contribution in [0.4, 0.5) is 4.39 Å². The molecule has 6 heteroatoms. The number of carbonyl (C=O) groups excluding carboxylic acids is 1. The number of benzene rings is 2. The van der Waals surface area contributed by atoms with Crippen molar-refractivity contribution >= 4 is 17.5 Å². The second kappa shape index (κ2) is 9.12. The molecule has 0 saturated heterocycles. The van der Waals surface area contributed by atoms with Crippen LogP contribution in [0, 0.1) is 17.7 Å². The van der Waals surface area contributed by atoms with E-state index in [9.17, 15) is 9.18 Å². The molecule has 1 N–H and O–H groups in total. The maximum Gasteiger partial charge on any atom is 0.264 e. The summed E-state index contributed by atoms with van der Waals surface area (Å²) in [6.07, 6.45) is 0. The van der Waals surface area contributed by atoms with Gasteiger partial charge in [-0.3, -0.25) is 4.79 Å². The van der Waals surface area contributed by atoms with E-state index in [1.807, 2.05) is 0 Å². The zero-order valence-corrected chi connectivity index (χ0v) is 15.3. The monoisotopic (exact) mass is 375 g/mol.